The highest BCUT2D eigenvalue weighted by Gasteiger charge is 2.25. The summed E-state index contributed by atoms with van der Waals surface area (Å²) in [6.07, 6.45) is 18.3. The van der Waals surface area contributed by atoms with Crippen LogP contribution in [0, 0.1) is 0 Å². The molecule has 4 rings (SSSR count). The van der Waals surface area contributed by atoms with Gasteiger partial charge < -0.3 is 20.9 Å². The summed E-state index contributed by atoms with van der Waals surface area (Å²) in [5.41, 5.74) is 3.71. The second kappa shape index (κ2) is 18.6. The first-order valence-corrected chi connectivity index (χ1v) is 18.2. The average molecular weight is 676 g/mol. The molecule has 2 heterocycles. The Kier molecular flexibility index (Phi) is 14.4. The lowest BCUT2D eigenvalue weighted by Gasteiger charge is -2.14. The Morgan fingerprint density at radius 2 is 1.38 bits per heavy atom. The van der Waals surface area contributed by atoms with E-state index in [-0.39, 0.29) is 17.4 Å². The van der Waals surface area contributed by atoms with Crippen LogP contribution in [0.1, 0.15) is 134 Å². The summed E-state index contributed by atoms with van der Waals surface area (Å²) in [7, 11) is 0. The summed E-state index contributed by atoms with van der Waals surface area (Å²) in [4.78, 5) is 28.6. The Morgan fingerprint density at radius 3 is 1.96 bits per heavy atom. The zero-order chi connectivity index (χ0) is 34.4. The number of aromatic amines is 1. The van der Waals surface area contributed by atoms with Crippen molar-refractivity contribution in [2.75, 3.05) is 17.2 Å². The molecule has 2 aromatic heterocycles. The molecule has 48 heavy (non-hydrogen) atoms. The minimum atomic E-state index is -0.256. The van der Waals surface area contributed by atoms with Crippen molar-refractivity contribution in [2.24, 2.45) is 0 Å². The van der Waals surface area contributed by atoms with Gasteiger partial charge in [0.1, 0.15) is 5.02 Å². The van der Waals surface area contributed by atoms with Crippen molar-refractivity contribution in [2.45, 2.75) is 123 Å². The molecule has 9 nitrogen and oxygen atoms in total. The van der Waals surface area contributed by atoms with Crippen molar-refractivity contribution in [1.29, 1.82) is 0 Å². The van der Waals surface area contributed by atoms with Gasteiger partial charge in [-0.3, -0.25) is 4.79 Å². The van der Waals surface area contributed by atoms with Crippen molar-refractivity contribution in [3.05, 3.63) is 64.8 Å². The highest BCUT2D eigenvalue weighted by molar-refractivity contribution is 6.34. The van der Waals surface area contributed by atoms with Crippen LogP contribution in [0.15, 0.2) is 48.5 Å². The molecule has 0 bridgehead atoms. The molecule has 0 unspecified atom stereocenters. The number of nitrogens with zero attached hydrogens (tertiary/aromatic N) is 3. The first-order valence-electron chi connectivity index (χ1n) is 17.9. The molecule has 10 heteroatoms. The second-order valence-electron chi connectivity index (χ2n) is 13.8. The number of carbonyl (C=O) groups is 2. The zero-order valence-electron chi connectivity index (χ0n) is 29.3. The van der Waals surface area contributed by atoms with E-state index in [0.717, 1.165) is 24.1 Å². The highest BCUT2D eigenvalue weighted by Crippen LogP contribution is 2.32. The number of hydrogen-bond acceptors (Lipinski definition) is 4. The number of unbranched alkanes of at least 4 members (excludes halogenated alkanes) is 13. The van der Waals surface area contributed by atoms with Crippen LogP contribution >= 0.6 is 11.6 Å². The molecule has 4 aromatic rings. The monoisotopic (exact) mass is 675 g/mol. The number of halogens is 1. The van der Waals surface area contributed by atoms with E-state index in [1.165, 1.54) is 81.7 Å². The van der Waals surface area contributed by atoms with Crippen molar-refractivity contribution in [3.8, 4) is 11.4 Å². The number of amides is 3. The predicted octanol–water partition coefficient (Wildman–Crippen LogP) is 10.5. The van der Waals surface area contributed by atoms with Crippen LogP contribution in [0.5, 0.6) is 0 Å². The molecule has 3 amide bonds. The van der Waals surface area contributed by atoms with Crippen LogP contribution in [-0.4, -0.2) is 38.3 Å². The Hall–Kier alpha value is -3.85. The molecule has 260 valence electrons. The fourth-order valence-corrected chi connectivity index (χ4v) is 6.20. The summed E-state index contributed by atoms with van der Waals surface area (Å²) >= 11 is 6.58. The predicted molar refractivity (Wildman–Crippen MR) is 198 cm³/mol. The number of aromatic nitrogens is 4. The largest absolute Gasteiger partial charge is 0.338 e. The van der Waals surface area contributed by atoms with Gasteiger partial charge in [0.25, 0.3) is 5.91 Å². The number of fused-ring (bicyclic) bond motifs is 1. The van der Waals surface area contributed by atoms with Crippen LogP contribution in [0.4, 0.5) is 16.2 Å². The SMILES string of the molecule is CCCCCCCCCCCCCCCCNC(=O)Nc1ccc(C(=O)Nc2cccc(-c3nn4nc(C(C)(C)C)c(Cl)c4[nH]3)c2)cc1. The molecule has 0 atom stereocenters. The molecule has 0 spiro atoms. The topological polar surface area (TPSA) is 116 Å². The Balaban J connectivity index is 1.12. The standard InChI is InChI=1S/C38H54ClN7O2/c1-5-6-7-8-9-10-11-12-13-14-15-16-17-18-26-40-37(48)42-30-24-22-28(23-25-30)36(47)41-31-21-19-20-29(27-31)34-43-35-32(39)33(38(2,3)4)44-46(35)45-34/h19-25,27H,5-18,26H2,1-4H3,(H,41,47)(H,43,45)(H2,40,42,48). The lowest BCUT2D eigenvalue weighted by Crippen LogP contribution is -2.29. The summed E-state index contributed by atoms with van der Waals surface area (Å²) < 4.78 is 1.51. The number of benzene rings is 2. The molecule has 0 aliphatic rings. The van der Waals surface area contributed by atoms with Crippen LogP contribution in [-0.2, 0) is 5.41 Å². The molecule has 0 fully saturated rings. The van der Waals surface area contributed by atoms with Crippen LogP contribution in [0.3, 0.4) is 0 Å². The minimum Gasteiger partial charge on any atom is -0.338 e. The normalized spacial score (nSPS) is 11.6. The third kappa shape index (κ3) is 11.4. The Morgan fingerprint density at radius 1 is 0.771 bits per heavy atom. The van der Waals surface area contributed by atoms with E-state index in [2.05, 4.69) is 58.8 Å². The number of hydrogen-bond donors (Lipinski definition) is 4. The number of nitrogens with one attached hydrogen (secondary N) is 4. The summed E-state index contributed by atoms with van der Waals surface area (Å²) in [6.45, 7) is 9.08. The minimum absolute atomic E-state index is 0.206. The first kappa shape index (κ1) is 37.0. The summed E-state index contributed by atoms with van der Waals surface area (Å²) in [5, 5.41) is 18.4. The quantitative estimate of drug-likeness (QED) is 0.0740. The maximum Gasteiger partial charge on any atom is 0.319 e. The first-order chi connectivity index (χ1) is 23.2. The van der Waals surface area contributed by atoms with Crippen molar-refractivity contribution < 1.29 is 9.59 Å². The Bertz CT molecular complexity index is 1590. The van der Waals surface area contributed by atoms with E-state index in [9.17, 15) is 9.59 Å². The van der Waals surface area contributed by atoms with E-state index in [0.29, 0.717) is 40.0 Å². The number of H-pyrrole nitrogens is 1. The number of urea groups is 1. The van der Waals surface area contributed by atoms with Crippen LogP contribution in [0.2, 0.25) is 5.02 Å². The van der Waals surface area contributed by atoms with Gasteiger partial charge >= 0.3 is 6.03 Å². The molecule has 0 aliphatic heterocycles. The van der Waals surface area contributed by atoms with Gasteiger partial charge in [-0.1, -0.05) is 135 Å². The van der Waals surface area contributed by atoms with Gasteiger partial charge in [-0.25, -0.2) is 4.79 Å². The maximum atomic E-state index is 13.0. The number of anilines is 2. The van der Waals surface area contributed by atoms with Gasteiger partial charge in [0.15, 0.2) is 11.5 Å². The van der Waals surface area contributed by atoms with Crippen LogP contribution in [0.25, 0.3) is 17.0 Å². The zero-order valence-corrected chi connectivity index (χ0v) is 30.0. The lowest BCUT2D eigenvalue weighted by atomic mass is 9.92. The maximum absolute atomic E-state index is 13.0. The second-order valence-corrected chi connectivity index (χ2v) is 14.2. The van der Waals surface area contributed by atoms with Gasteiger partial charge in [-0.15, -0.1) is 9.73 Å². The van der Waals surface area contributed by atoms with Gasteiger partial charge in [0.2, 0.25) is 0 Å². The smallest absolute Gasteiger partial charge is 0.319 e. The van der Waals surface area contributed by atoms with Gasteiger partial charge in [0.05, 0.1) is 5.69 Å². The van der Waals surface area contributed by atoms with E-state index in [1.54, 1.807) is 24.3 Å². The fraction of sp³-hybridized carbons (Fsp3) is 0.526. The highest BCUT2D eigenvalue weighted by atomic mass is 35.5. The molecule has 4 N–H and O–H groups in total. The molecule has 0 saturated heterocycles. The number of carbonyl (C=O) groups excluding carboxylic acids is 2. The molecular formula is C38H54ClN7O2. The Labute approximate surface area is 291 Å². The summed E-state index contributed by atoms with van der Waals surface area (Å²) in [5.74, 6) is 0.335. The average Bonchev–Trinajstić information content (AvgIpc) is 3.62. The van der Waals surface area contributed by atoms with Gasteiger partial charge in [0, 0.05) is 34.5 Å². The van der Waals surface area contributed by atoms with E-state index in [1.807, 2.05) is 24.3 Å². The fourth-order valence-electron chi connectivity index (χ4n) is 5.76. The molecule has 0 aliphatic carbocycles. The molecule has 0 radical (unpaired) electrons. The van der Waals surface area contributed by atoms with Gasteiger partial charge in [-0.2, -0.15) is 5.10 Å². The van der Waals surface area contributed by atoms with Crippen molar-refractivity contribution in [1.82, 2.24) is 25.1 Å². The molecule has 0 saturated carbocycles. The third-order valence-corrected chi connectivity index (χ3v) is 8.93. The molecular weight excluding hydrogens is 622 g/mol. The van der Waals surface area contributed by atoms with Crippen LogP contribution < -0.4 is 16.0 Å². The van der Waals surface area contributed by atoms with Crippen molar-refractivity contribution >= 4 is 40.6 Å². The van der Waals surface area contributed by atoms with Crippen molar-refractivity contribution in [3.63, 3.8) is 0 Å². The van der Waals surface area contributed by atoms with E-state index in [4.69, 9.17) is 11.6 Å². The van der Waals surface area contributed by atoms with Gasteiger partial charge in [-0.05, 0) is 42.8 Å². The van der Waals surface area contributed by atoms with E-state index >= 15 is 0 Å². The lowest BCUT2D eigenvalue weighted by molar-refractivity contribution is 0.102. The van der Waals surface area contributed by atoms with E-state index < -0.39 is 0 Å². The molecule has 2 aromatic carbocycles. The third-order valence-electron chi connectivity index (χ3n) is 8.57. The number of rotatable bonds is 19. The summed E-state index contributed by atoms with van der Waals surface area (Å²) in [6, 6.07) is 14.0.